The van der Waals surface area contributed by atoms with E-state index in [1.165, 1.54) is 24.1 Å². The number of nitrogens with zero attached hydrogens (tertiary/aromatic N) is 3. The third kappa shape index (κ3) is 2.85. The minimum atomic E-state index is -0.810. The number of amides is 1. The first-order valence-corrected chi connectivity index (χ1v) is 6.42. The van der Waals surface area contributed by atoms with Crippen LogP contribution in [0.15, 0.2) is 12.1 Å². The number of aromatic nitrogens is 1. The van der Waals surface area contributed by atoms with Crippen molar-refractivity contribution in [3.8, 4) is 6.07 Å². The van der Waals surface area contributed by atoms with E-state index in [2.05, 4.69) is 9.72 Å². The van der Waals surface area contributed by atoms with Crippen LogP contribution < -0.4 is 0 Å². The molecule has 0 saturated carbocycles. The van der Waals surface area contributed by atoms with Gasteiger partial charge in [0, 0.05) is 13.0 Å². The van der Waals surface area contributed by atoms with Crippen LogP contribution in [0, 0.1) is 18.3 Å². The molecule has 1 aromatic rings. The molecule has 1 saturated heterocycles. The molecule has 0 spiro atoms. The number of ether oxygens (including phenoxy) is 1. The normalized spacial score (nSPS) is 21.0. The number of aliphatic hydroxyl groups is 1. The van der Waals surface area contributed by atoms with Crippen LogP contribution in [-0.4, -0.2) is 52.7 Å². The van der Waals surface area contributed by atoms with Crippen LogP contribution >= 0.6 is 0 Å². The Kier molecular flexibility index (Phi) is 4.19. The number of hydrogen-bond donors (Lipinski definition) is 1. The molecule has 2 heterocycles. The zero-order chi connectivity index (χ0) is 15.6. The van der Waals surface area contributed by atoms with Gasteiger partial charge in [0.25, 0.3) is 5.91 Å². The van der Waals surface area contributed by atoms with E-state index in [1.807, 2.05) is 6.07 Å². The molecule has 0 bridgehead atoms. The Morgan fingerprint density at radius 2 is 2.24 bits per heavy atom. The molecule has 2 unspecified atom stereocenters. The SMILES string of the molecule is COC(=O)C1CC(O)CN1C(=O)c1ccc(C#N)c(C)n1. The third-order valence-electron chi connectivity index (χ3n) is 3.44. The number of methoxy groups -OCH3 is 1. The van der Waals surface area contributed by atoms with Crippen LogP contribution in [0.4, 0.5) is 0 Å². The van der Waals surface area contributed by atoms with Gasteiger partial charge >= 0.3 is 5.97 Å². The molecule has 0 radical (unpaired) electrons. The number of aryl methyl sites for hydroxylation is 1. The fraction of sp³-hybridized carbons (Fsp3) is 0.429. The molecule has 1 amide bonds. The van der Waals surface area contributed by atoms with Gasteiger partial charge in [0.15, 0.2) is 0 Å². The lowest BCUT2D eigenvalue weighted by atomic mass is 10.1. The first kappa shape index (κ1) is 14.9. The van der Waals surface area contributed by atoms with E-state index >= 15 is 0 Å². The molecule has 0 aliphatic carbocycles. The van der Waals surface area contributed by atoms with Crippen molar-refractivity contribution in [2.24, 2.45) is 0 Å². The molecule has 1 aliphatic heterocycles. The summed E-state index contributed by atoms with van der Waals surface area (Å²) in [5, 5.41) is 18.5. The van der Waals surface area contributed by atoms with Crippen LogP contribution in [0.2, 0.25) is 0 Å². The number of aliphatic hydroxyl groups excluding tert-OH is 1. The largest absolute Gasteiger partial charge is 0.467 e. The zero-order valence-electron chi connectivity index (χ0n) is 11.7. The fourth-order valence-electron chi connectivity index (χ4n) is 2.34. The number of likely N-dealkylation sites (tertiary alicyclic amines) is 1. The first-order chi connectivity index (χ1) is 9.97. The summed E-state index contributed by atoms with van der Waals surface area (Å²) in [6, 6.07) is 4.11. The number of pyridine rings is 1. The lowest BCUT2D eigenvalue weighted by Crippen LogP contribution is -2.41. The summed E-state index contributed by atoms with van der Waals surface area (Å²) in [6.45, 7) is 1.69. The average Bonchev–Trinajstić information content (AvgIpc) is 2.87. The van der Waals surface area contributed by atoms with Gasteiger partial charge in [-0.05, 0) is 19.1 Å². The van der Waals surface area contributed by atoms with Gasteiger partial charge in [-0.25, -0.2) is 9.78 Å². The number of rotatable bonds is 2. The number of carbonyl (C=O) groups excluding carboxylic acids is 2. The lowest BCUT2D eigenvalue weighted by Gasteiger charge is -2.22. The van der Waals surface area contributed by atoms with Crippen molar-refractivity contribution < 1.29 is 19.4 Å². The second-order valence-electron chi connectivity index (χ2n) is 4.83. The molecule has 1 fully saturated rings. The van der Waals surface area contributed by atoms with E-state index in [1.54, 1.807) is 6.92 Å². The van der Waals surface area contributed by atoms with Crippen molar-refractivity contribution in [3.05, 3.63) is 29.1 Å². The van der Waals surface area contributed by atoms with E-state index in [0.717, 1.165) is 0 Å². The van der Waals surface area contributed by atoms with E-state index in [4.69, 9.17) is 5.26 Å². The fourth-order valence-corrected chi connectivity index (χ4v) is 2.34. The highest BCUT2D eigenvalue weighted by Gasteiger charge is 2.40. The van der Waals surface area contributed by atoms with Crippen LogP contribution in [0.3, 0.4) is 0 Å². The van der Waals surface area contributed by atoms with Gasteiger partial charge in [0.1, 0.15) is 17.8 Å². The van der Waals surface area contributed by atoms with Gasteiger partial charge in [0.05, 0.1) is 24.5 Å². The van der Waals surface area contributed by atoms with Crippen LogP contribution in [-0.2, 0) is 9.53 Å². The number of β-amino-alcohol motifs (C(OH)–C–C–N with tert-alkyl or cyclic N) is 1. The summed E-state index contributed by atoms with van der Waals surface area (Å²) in [5.41, 5.74) is 0.963. The molecular formula is C14H15N3O4. The highest BCUT2D eigenvalue weighted by atomic mass is 16.5. The Bertz CT molecular complexity index is 623. The van der Waals surface area contributed by atoms with Crippen molar-refractivity contribution in [2.75, 3.05) is 13.7 Å². The summed E-state index contributed by atoms with van der Waals surface area (Å²) in [5.74, 6) is -1.03. The minimum absolute atomic E-state index is 0.0549. The quantitative estimate of drug-likeness (QED) is 0.769. The van der Waals surface area contributed by atoms with Gasteiger partial charge in [-0.1, -0.05) is 0 Å². The minimum Gasteiger partial charge on any atom is -0.467 e. The Morgan fingerprint density at radius 1 is 1.52 bits per heavy atom. The van der Waals surface area contributed by atoms with E-state index in [9.17, 15) is 14.7 Å². The van der Waals surface area contributed by atoms with Gasteiger partial charge in [-0.15, -0.1) is 0 Å². The Hall–Kier alpha value is -2.46. The predicted molar refractivity (Wildman–Crippen MR) is 71.2 cm³/mol. The molecule has 2 rings (SSSR count). The topological polar surface area (TPSA) is 104 Å². The van der Waals surface area contributed by atoms with Crippen molar-refractivity contribution in [1.29, 1.82) is 5.26 Å². The van der Waals surface area contributed by atoms with Crippen LogP contribution in [0.1, 0.15) is 28.2 Å². The average molecular weight is 289 g/mol. The van der Waals surface area contributed by atoms with Gasteiger partial charge < -0.3 is 14.7 Å². The molecule has 0 aromatic carbocycles. The van der Waals surface area contributed by atoms with Gasteiger partial charge in [-0.2, -0.15) is 5.26 Å². The summed E-state index contributed by atoms with van der Waals surface area (Å²) in [4.78, 5) is 29.5. The summed E-state index contributed by atoms with van der Waals surface area (Å²) in [6.07, 6.45) is -0.620. The summed E-state index contributed by atoms with van der Waals surface area (Å²) >= 11 is 0. The second-order valence-corrected chi connectivity index (χ2v) is 4.83. The number of hydrogen-bond acceptors (Lipinski definition) is 6. The molecule has 110 valence electrons. The molecule has 1 aromatic heterocycles. The monoisotopic (exact) mass is 289 g/mol. The molecule has 7 nitrogen and oxygen atoms in total. The molecule has 1 N–H and O–H groups in total. The van der Waals surface area contributed by atoms with Crippen molar-refractivity contribution >= 4 is 11.9 Å². The molecule has 21 heavy (non-hydrogen) atoms. The first-order valence-electron chi connectivity index (χ1n) is 6.42. The van der Waals surface area contributed by atoms with Crippen LogP contribution in [0.25, 0.3) is 0 Å². The summed E-state index contributed by atoms with van der Waals surface area (Å²) in [7, 11) is 1.24. The maximum absolute atomic E-state index is 12.4. The summed E-state index contributed by atoms with van der Waals surface area (Å²) < 4.78 is 4.65. The third-order valence-corrected chi connectivity index (χ3v) is 3.44. The van der Waals surface area contributed by atoms with Gasteiger partial charge in [-0.3, -0.25) is 4.79 Å². The van der Waals surface area contributed by atoms with Crippen molar-refractivity contribution in [3.63, 3.8) is 0 Å². The highest BCUT2D eigenvalue weighted by Crippen LogP contribution is 2.21. The number of carbonyl (C=O) groups is 2. The van der Waals surface area contributed by atoms with Crippen molar-refractivity contribution in [2.45, 2.75) is 25.5 Å². The van der Waals surface area contributed by atoms with Crippen LogP contribution in [0.5, 0.6) is 0 Å². The van der Waals surface area contributed by atoms with Crippen molar-refractivity contribution in [1.82, 2.24) is 9.88 Å². The van der Waals surface area contributed by atoms with E-state index in [0.29, 0.717) is 11.3 Å². The Labute approximate surface area is 121 Å². The number of esters is 1. The molecule has 7 heteroatoms. The highest BCUT2D eigenvalue weighted by molar-refractivity contribution is 5.95. The molecular weight excluding hydrogens is 274 g/mol. The lowest BCUT2D eigenvalue weighted by molar-refractivity contribution is -0.145. The molecule has 1 aliphatic rings. The zero-order valence-corrected chi connectivity index (χ0v) is 11.7. The predicted octanol–water partition coefficient (Wildman–Crippen LogP) is 0.0101. The standard InChI is InChI=1S/C14H15N3O4/c1-8-9(6-15)3-4-11(16-8)13(19)17-7-10(18)5-12(17)14(20)21-2/h3-4,10,12,18H,5,7H2,1-2H3. The molecule has 2 atom stereocenters. The maximum Gasteiger partial charge on any atom is 0.328 e. The maximum atomic E-state index is 12.4. The Balaban J connectivity index is 2.28. The van der Waals surface area contributed by atoms with E-state index in [-0.39, 0.29) is 18.7 Å². The smallest absolute Gasteiger partial charge is 0.328 e. The Morgan fingerprint density at radius 3 is 2.81 bits per heavy atom. The second kappa shape index (κ2) is 5.89. The van der Waals surface area contributed by atoms with E-state index < -0.39 is 24.0 Å². The number of nitriles is 1. The van der Waals surface area contributed by atoms with Gasteiger partial charge in [0.2, 0.25) is 0 Å².